The molecule has 0 aromatic carbocycles. The molecule has 4 nitrogen and oxygen atoms in total. The number of nitrogens with zero attached hydrogens (tertiary/aromatic N) is 1. The second-order valence-corrected chi connectivity index (χ2v) is 8.93. The highest BCUT2D eigenvalue weighted by Crippen LogP contribution is 2.19. The van der Waals surface area contributed by atoms with Gasteiger partial charge in [-0.3, -0.25) is 4.90 Å². The van der Waals surface area contributed by atoms with Crippen molar-refractivity contribution in [2.24, 2.45) is 0 Å². The molecule has 1 rings (SSSR count). The zero-order chi connectivity index (χ0) is 13.8. The van der Waals surface area contributed by atoms with Crippen LogP contribution in [0.2, 0.25) is 0 Å². The summed E-state index contributed by atoms with van der Waals surface area (Å²) >= 11 is 0. The molecule has 0 bridgehead atoms. The molecule has 0 aliphatic carbocycles. The molecular formula is C13H28N2O2S. The molecule has 5 heteroatoms. The van der Waals surface area contributed by atoms with E-state index in [9.17, 15) is 8.42 Å². The average Bonchev–Trinajstić information content (AvgIpc) is 2.69. The predicted octanol–water partition coefficient (Wildman–Crippen LogP) is 1.27. The highest BCUT2D eigenvalue weighted by atomic mass is 32.2. The van der Waals surface area contributed by atoms with Crippen molar-refractivity contribution < 1.29 is 8.42 Å². The summed E-state index contributed by atoms with van der Waals surface area (Å²) in [5, 5.41) is 3.36. The first kappa shape index (κ1) is 15.9. The summed E-state index contributed by atoms with van der Waals surface area (Å²) in [4.78, 5) is 2.33. The van der Waals surface area contributed by atoms with Crippen LogP contribution in [0.4, 0.5) is 0 Å². The van der Waals surface area contributed by atoms with E-state index < -0.39 is 14.6 Å². The van der Waals surface area contributed by atoms with Gasteiger partial charge in [-0.2, -0.15) is 0 Å². The Hall–Kier alpha value is -0.130. The lowest BCUT2D eigenvalue weighted by atomic mass is 10.2. The number of hydrogen-bond donors (Lipinski definition) is 1. The maximum atomic E-state index is 12.1. The van der Waals surface area contributed by atoms with Crippen LogP contribution >= 0.6 is 0 Å². The minimum absolute atomic E-state index is 0.277. The summed E-state index contributed by atoms with van der Waals surface area (Å²) in [5.74, 6) is 0.277. The van der Waals surface area contributed by atoms with Gasteiger partial charge < -0.3 is 5.32 Å². The van der Waals surface area contributed by atoms with Gasteiger partial charge in [0.25, 0.3) is 0 Å². The molecule has 0 saturated carbocycles. The normalized spacial score (nSPS) is 22.6. The molecule has 1 atom stereocenters. The van der Waals surface area contributed by atoms with Crippen LogP contribution in [-0.2, 0) is 9.84 Å². The fraction of sp³-hybridized carbons (Fsp3) is 1.00. The van der Waals surface area contributed by atoms with Crippen molar-refractivity contribution in [2.45, 2.75) is 51.3 Å². The third-order valence-electron chi connectivity index (χ3n) is 3.71. The smallest absolute Gasteiger partial charge is 0.156 e. The molecule has 1 unspecified atom stereocenters. The third-order valence-corrected chi connectivity index (χ3v) is 6.30. The summed E-state index contributed by atoms with van der Waals surface area (Å²) in [7, 11) is -2.99. The van der Waals surface area contributed by atoms with Crippen LogP contribution in [0.1, 0.15) is 40.5 Å². The van der Waals surface area contributed by atoms with Crippen LogP contribution in [-0.4, -0.2) is 56.0 Å². The maximum absolute atomic E-state index is 12.1. The Labute approximate surface area is 112 Å². The summed E-state index contributed by atoms with van der Waals surface area (Å²) < 4.78 is 23.5. The van der Waals surface area contributed by atoms with Gasteiger partial charge in [0.15, 0.2) is 9.84 Å². The van der Waals surface area contributed by atoms with E-state index in [1.165, 1.54) is 12.8 Å². The van der Waals surface area contributed by atoms with Gasteiger partial charge >= 0.3 is 0 Å². The Morgan fingerprint density at radius 1 is 1.33 bits per heavy atom. The molecule has 1 heterocycles. The largest absolute Gasteiger partial charge is 0.315 e. The Bertz CT molecular complexity index is 346. The molecule has 0 aromatic heterocycles. The second kappa shape index (κ2) is 6.35. The second-order valence-electron chi connectivity index (χ2n) is 6.07. The van der Waals surface area contributed by atoms with Crippen LogP contribution in [0.25, 0.3) is 0 Å². The van der Waals surface area contributed by atoms with Crippen molar-refractivity contribution in [1.82, 2.24) is 10.2 Å². The van der Waals surface area contributed by atoms with E-state index in [1.54, 1.807) is 20.8 Å². The average molecular weight is 276 g/mol. The summed E-state index contributed by atoms with van der Waals surface area (Å²) in [5.41, 5.74) is 0. The van der Waals surface area contributed by atoms with E-state index in [2.05, 4.69) is 17.1 Å². The molecule has 108 valence electrons. The van der Waals surface area contributed by atoms with Gasteiger partial charge in [0.1, 0.15) is 0 Å². The molecule has 1 N–H and O–H groups in total. The molecule has 0 amide bonds. The van der Waals surface area contributed by atoms with Crippen molar-refractivity contribution in [3.8, 4) is 0 Å². The molecule has 1 aliphatic rings. The highest BCUT2D eigenvalue weighted by molar-refractivity contribution is 7.92. The number of hydrogen-bond acceptors (Lipinski definition) is 4. The third kappa shape index (κ3) is 4.21. The van der Waals surface area contributed by atoms with E-state index in [0.29, 0.717) is 12.6 Å². The molecule has 1 aliphatic heterocycles. The van der Waals surface area contributed by atoms with Crippen LogP contribution in [0.5, 0.6) is 0 Å². The Morgan fingerprint density at radius 3 is 2.56 bits per heavy atom. The van der Waals surface area contributed by atoms with Gasteiger partial charge in [-0.15, -0.1) is 0 Å². The van der Waals surface area contributed by atoms with E-state index in [1.807, 2.05) is 0 Å². The quantitative estimate of drug-likeness (QED) is 0.794. The van der Waals surface area contributed by atoms with Crippen molar-refractivity contribution in [2.75, 3.05) is 31.9 Å². The van der Waals surface area contributed by atoms with Crippen LogP contribution in [0.15, 0.2) is 0 Å². The number of likely N-dealkylation sites (tertiary alicyclic amines) is 1. The number of sulfone groups is 1. The van der Waals surface area contributed by atoms with Crippen LogP contribution in [0.3, 0.4) is 0 Å². The van der Waals surface area contributed by atoms with Crippen molar-refractivity contribution in [3.05, 3.63) is 0 Å². The van der Waals surface area contributed by atoms with Gasteiger partial charge in [0.05, 0.1) is 10.5 Å². The van der Waals surface area contributed by atoms with Crippen LogP contribution in [0, 0.1) is 0 Å². The summed E-state index contributed by atoms with van der Waals surface area (Å²) in [6, 6.07) is 0.514. The molecule has 0 spiro atoms. The number of nitrogens with one attached hydrogen (secondary N) is 1. The molecular weight excluding hydrogens is 248 g/mol. The summed E-state index contributed by atoms with van der Waals surface area (Å²) in [6.45, 7) is 11.1. The van der Waals surface area contributed by atoms with E-state index in [4.69, 9.17) is 0 Å². The highest BCUT2D eigenvalue weighted by Gasteiger charge is 2.31. The van der Waals surface area contributed by atoms with Crippen molar-refractivity contribution >= 4 is 9.84 Å². The van der Waals surface area contributed by atoms with E-state index >= 15 is 0 Å². The first-order chi connectivity index (χ1) is 8.28. The standard InChI is InChI=1S/C13H28N2O2S/c1-5-14-11-12-7-6-8-15(12)9-10-18(16,17)13(2,3)4/h12,14H,5-11H2,1-4H3. The van der Waals surface area contributed by atoms with E-state index in [0.717, 1.165) is 19.6 Å². The number of likely N-dealkylation sites (N-methyl/N-ethyl adjacent to an activating group) is 1. The molecule has 1 saturated heterocycles. The molecule has 0 radical (unpaired) electrons. The maximum Gasteiger partial charge on any atom is 0.156 e. The fourth-order valence-corrected chi connectivity index (χ4v) is 3.36. The Balaban J connectivity index is 2.48. The minimum atomic E-state index is -2.99. The first-order valence-electron chi connectivity index (χ1n) is 6.95. The molecule has 1 fully saturated rings. The molecule has 0 aromatic rings. The number of rotatable bonds is 6. The van der Waals surface area contributed by atoms with Gasteiger partial charge in [0, 0.05) is 19.1 Å². The Kier molecular flexibility index (Phi) is 5.62. The molecule has 18 heavy (non-hydrogen) atoms. The van der Waals surface area contributed by atoms with Gasteiger partial charge in [0.2, 0.25) is 0 Å². The van der Waals surface area contributed by atoms with Crippen molar-refractivity contribution in [1.29, 1.82) is 0 Å². The summed E-state index contributed by atoms with van der Waals surface area (Å²) in [6.07, 6.45) is 2.37. The lowest BCUT2D eigenvalue weighted by Crippen LogP contribution is -2.42. The minimum Gasteiger partial charge on any atom is -0.315 e. The van der Waals surface area contributed by atoms with Crippen molar-refractivity contribution in [3.63, 3.8) is 0 Å². The van der Waals surface area contributed by atoms with E-state index in [-0.39, 0.29) is 5.75 Å². The first-order valence-corrected chi connectivity index (χ1v) is 8.60. The van der Waals surface area contributed by atoms with Crippen LogP contribution < -0.4 is 5.32 Å². The lowest BCUT2D eigenvalue weighted by molar-refractivity contribution is 0.262. The van der Waals surface area contributed by atoms with Gasteiger partial charge in [-0.05, 0) is 46.7 Å². The Morgan fingerprint density at radius 2 is 2.00 bits per heavy atom. The SMILES string of the molecule is CCNCC1CCCN1CCS(=O)(=O)C(C)(C)C. The zero-order valence-corrected chi connectivity index (χ0v) is 13.0. The van der Waals surface area contributed by atoms with Gasteiger partial charge in [-0.25, -0.2) is 8.42 Å². The monoisotopic (exact) mass is 276 g/mol. The zero-order valence-electron chi connectivity index (χ0n) is 12.2. The predicted molar refractivity (Wildman–Crippen MR) is 76.7 cm³/mol. The lowest BCUT2D eigenvalue weighted by Gasteiger charge is -2.26. The fourth-order valence-electron chi connectivity index (χ4n) is 2.28. The topological polar surface area (TPSA) is 49.4 Å². The van der Waals surface area contributed by atoms with Gasteiger partial charge in [-0.1, -0.05) is 6.92 Å².